The number of hydrogen-bond acceptors (Lipinski definition) is 4. The predicted octanol–water partition coefficient (Wildman–Crippen LogP) is 2.10. The number of aromatic nitrogens is 1. The lowest BCUT2D eigenvalue weighted by Gasteiger charge is -2.32. The Kier molecular flexibility index (Phi) is 4.46. The monoisotopic (exact) mass is 277 g/mol. The van der Waals surface area contributed by atoms with Crippen LogP contribution in [0.15, 0.2) is 10.6 Å². The van der Waals surface area contributed by atoms with Crippen molar-refractivity contribution in [3.8, 4) is 0 Å². The van der Waals surface area contributed by atoms with E-state index in [1.807, 2.05) is 13.0 Å². The Hall–Kier alpha value is -1.08. The van der Waals surface area contributed by atoms with Crippen LogP contribution in [0.5, 0.6) is 0 Å². The molecule has 0 aromatic carbocycles. The molecule has 7 heteroatoms. The first-order valence-corrected chi connectivity index (χ1v) is 6.37. The molecule has 0 saturated carbocycles. The molecule has 0 amide bonds. The summed E-state index contributed by atoms with van der Waals surface area (Å²) in [7, 11) is 0. The zero-order valence-corrected chi connectivity index (χ0v) is 10.8. The molecule has 4 nitrogen and oxygen atoms in total. The molecule has 1 fully saturated rings. The van der Waals surface area contributed by atoms with Gasteiger partial charge in [-0.2, -0.15) is 13.2 Å². The van der Waals surface area contributed by atoms with Gasteiger partial charge in [0.15, 0.2) is 0 Å². The standard InChI is InChI=1S/C12H18F3N3O/c1-9-6-11(17-19-9)7-16-10-2-4-18(5-3-10)8-12(13,14)15/h6,10,16H,2-5,7-8H2,1H3. The number of rotatable bonds is 4. The van der Waals surface area contributed by atoms with Gasteiger partial charge in [-0.1, -0.05) is 5.16 Å². The van der Waals surface area contributed by atoms with Crippen LogP contribution in [0.1, 0.15) is 24.3 Å². The van der Waals surface area contributed by atoms with Crippen molar-refractivity contribution in [3.63, 3.8) is 0 Å². The topological polar surface area (TPSA) is 41.3 Å². The Morgan fingerprint density at radius 1 is 1.42 bits per heavy atom. The maximum atomic E-state index is 12.2. The number of piperidine rings is 1. The van der Waals surface area contributed by atoms with Crippen LogP contribution in [0.25, 0.3) is 0 Å². The van der Waals surface area contributed by atoms with Crippen molar-refractivity contribution >= 4 is 0 Å². The van der Waals surface area contributed by atoms with Crippen LogP contribution >= 0.6 is 0 Å². The lowest BCUT2D eigenvalue weighted by Crippen LogP contribution is -2.45. The highest BCUT2D eigenvalue weighted by Crippen LogP contribution is 2.19. The van der Waals surface area contributed by atoms with Crippen LogP contribution in [0.2, 0.25) is 0 Å². The van der Waals surface area contributed by atoms with Crippen molar-refractivity contribution in [2.75, 3.05) is 19.6 Å². The lowest BCUT2D eigenvalue weighted by atomic mass is 10.0. The van der Waals surface area contributed by atoms with E-state index in [0.717, 1.165) is 24.3 Å². The molecular weight excluding hydrogens is 259 g/mol. The Bertz CT molecular complexity index is 397. The van der Waals surface area contributed by atoms with E-state index in [4.69, 9.17) is 4.52 Å². The average Bonchev–Trinajstić information content (AvgIpc) is 2.72. The van der Waals surface area contributed by atoms with Crippen LogP contribution < -0.4 is 5.32 Å². The first kappa shape index (κ1) is 14.3. The van der Waals surface area contributed by atoms with E-state index >= 15 is 0 Å². The summed E-state index contributed by atoms with van der Waals surface area (Å²) in [5.74, 6) is 0.761. The molecule has 0 atom stereocenters. The quantitative estimate of drug-likeness (QED) is 0.915. The van der Waals surface area contributed by atoms with Crippen LogP contribution in [0.4, 0.5) is 13.2 Å². The molecule has 0 aliphatic carbocycles. The van der Waals surface area contributed by atoms with Gasteiger partial charge >= 0.3 is 6.18 Å². The molecular formula is C12H18F3N3O. The van der Waals surface area contributed by atoms with Gasteiger partial charge in [0, 0.05) is 18.7 Å². The summed E-state index contributed by atoms with van der Waals surface area (Å²) in [6, 6.07) is 2.10. The first-order chi connectivity index (χ1) is 8.92. The van der Waals surface area contributed by atoms with Crippen LogP contribution in [-0.2, 0) is 6.54 Å². The Labute approximate surface area is 109 Å². The summed E-state index contributed by atoms with van der Waals surface area (Å²) < 4.78 is 41.7. The number of aryl methyl sites for hydroxylation is 1. The second kappa shape index (κ2) is 5.92. The van der Waals surface area contributed by atoms with E-state index in [1.165, 1.54) is 4.90 Å². The van der Waals surface area contributed by atoms with Crippen LogP contribution in [-0.4, -0.2) is 41.9 Å². The Morgan fingerprint density at radius 2 is 2.11 bits per heavy atom. The summed E-state index contributed by atoms with van der Waals surface area (Å²) in [4.78, 5) is 1.46. The van der Waals surface area contributed by atoms with Gasteiger partial charge in [0.1, 0.15) is 5.76 Å². The van der Waals surface area contributed by atoms with Gasteiger partial charge < -0.3 is 9.84 Å². The molecule has 1 aromatic rings. The minimum atomic E-state index is -4.10. The molecule has 19 heavy (non-hydrogen) atoms. The van der Waals surface area contributed by atoms with Crippen molar-refractivity contribution in [2.45, 2.75) is 38.5 Å². The van der Waals surface area contributed by atoms with E-state index in [2.05, 4.69) is 10.5 Å². The largest absolute Gasteiger partial charge is 0.401 e. The van der Waals surface area contributed by atoms with Gasteiger partial charge in [-0.3, -0.25) is 4.90 Å². The highest BCUT2D eigenvalue weighted by atomic mass is 19.4. The summed E-state index contributed by atoms with van der Waals surface area (Å²) in [5, 5.41) is 7.17. The van der Waals surface area contributed by atoms with Gasteiger partial charge in [0.25, 0.3) is 0 Å². The van der Waals surface area contributed by atoms with E-state index in [0.29, 0.717) is 19.6 Å². The molecule has 1 aromatic heterocycles. The maximum absolute atomic E-state index is 12.2. The molecule has 2 rings (SSSR count). The van der Waals surface area contributed by atoms with Crippen LogP contribution in [0, 0.1) is 6.92 Å². The molecule has 1 aliphatic rings. The van der Waals surface area contributed by atoms with Crippen molar-refractivity contribution < 1.29 is 17.7 Å². The van der Waals surface area contributed by atoms with Crippen molar-refractivity contribution in [3.05, 3.63) is 17.5 Å². The van der Waals surface area contributed by atoms with Gasteiger partial charge in [0.2, 0.25) is 0 Å². The summed E-state index contributed by atoms with van der Waals surface area (Å²) in [6.07, 6.45) is -2.64. The molecule has 0 radical (unpaired) electrons. The molecule has 1 saturated heterocycles. The molecule has 2 heterocycles. The second-order valence-corrected chi connectivity index (χ2v) is 4.98. The SMILES string of the molecule is Cc1cc(CNC2CCN(CC(F)(F)F)CC2)no1. The smallest absolute Gasteiger partial charge is 0.361 e. The number of hydrogen-bond donors (Lipinski definition) is 1. The number of likely N-dealkylation sites (tertiary alicyclic amines) is 1. The zero-order chi connectivity index (χ0) is 13.9. The highest BCUT2D eigenvalue weighted by Gasteiger charge is 2.32. The Balaban J connectivity index is 1.69. The van der Waals surface area contributed by atoms with Gasteiger partial charge in [-0.15, -0.1) is 0 Å². The third kappa shape index (κ3) is 4.83. The highest BCUT2D eigenvalue weighted by molar-refractivity contribution is 5.03. The van der Waals surface area contributed by atoms with Crippen molar-refractivity contribution in [1.82, 2.24) is 15.4 Å². The summed E-state index contributed by atoms with van der Waals surface area (Å²) >= 11 is 0. The normalized spacial score (nSPS) is 18.9. The zero-order valence-electron chi connectivity index (χ0n) is 10.8. The predicted molar refractivity (Wildman–Crippen MR) is 63.6 cm³/mol. The molecule has 1 N–H and O–H groups in total. The molecule has 0 spiro atoms. The van der Waals surface area contributed by atoms with E-state index in [1.54, 1.807) is 0 Å². The molecule has 0 bridgehead atoms. The van der Waals surface area contributed by atoms with E-state index in [-0.39, 0.29) is 6.04 Å². The minimum Gasteiger partial charge on any atom is -0.361 e. The average molecular weight is 277 g/mol. The Morgan fingerprint density at radius 3 is 2.63 bits per heavy atom. The fourth-order valence-corrected chi connectivity index (χ4v) is 2.30. The van der Waals surface area contributed by atoms with Gasteiger partial charge in [0.05, 0.1) is 12.2 Å². The number of nitrogens with one attached hydrogen (secondary N) is 1. The van der Waals surface area contributed by atoms with Crippen molar-refractivity contribution in [1.29, 1.82) is 0 Å². The van der Waals surface area contributed by atoms with Gasteiger partial charge in [-0.25, -0.2) is 0 Å². The number of alkyl halides is 3. The van der Waals surface area contributed by atoms with Gasteiger partial charge in [-0.05, 0) is 32.9 Å². The molecule has 0 unspecified atom stereocenters. The third-order valence-electron chi connectivity index (χ3n) is 3.24. The molecule has 108 valence electrons. The third-order valence-corrected chi connectivity index (χ3v) is 3.24. The first-order valence-electron chi connectivity index (χ1n) is 6.37. The van der Waals surface area contributed by atoms with Crippen LogP contribution in [0.3, 0.4) is 0 Å². The summed E-state index contributed by atoms with van der Waals surface area (Å²) in [6.45, 7) is 2.58. The van der Waals surface area contributed by atoms with Crippen molar-refractivity contribution in [2.24, 2.45) is 0 Å². The molecule has 1 aliphatic heterocycles. The fraction of sp³-hybridized carbons (Fsp3) is 0.750. The number of halogens is 3. The summed E-state index contributed by atoms with van der Waals surface area (Å²) in [5.41, 5.74) is 0.829. The van der Waals surface area contributed by atoms with E-state index < -0.39 is 12.7 Å². The number of nitrogens with zero attached hydrogens (tertiary/aromatic N) is 2. The lowest BCUT2D eigenvalue weighted by molar-refractivity contribution is -0.148. The van der Waals surface area contributed by atoms with E-state index in [9.17, 15) is 13.2 Å². The maximum Gasteiger partial charge on any atom is 0.401 e. The fourth-order valence-electron chi connectivity index (χ4n) is 2.30. The second-order valence-electron chi connectivity index (χ2n) is 4.98. The minimum absolute atomic E-state index is 0.251.